The predicted octanol–water partition coefficient (Wildman–Crippen LogP) is 4.12. The Morgan fingerprint density at radius 3 is 2.41 bits per heavy atom. The number of carboxylic acid groups (broad SMARTS) is 1. The van der Waals surface area contributed by atoms with E-state index in [1.54, 1.807) is 12.1 Å². The summed E-state index contributed by atoms with van der Waals surface area (Å²) >= 11 is 7.41. The van der Waals surface area contributed by atoms with Crippen molar-refractivity contribution in [2.24, 2.45) is 11.8 Å². The third-order valence-electron chi connectivity index (χ3n) is 3.96. The first-order valence-electron chi connectivity index (χ1n) is 6.93. The van der Waals surface area contributed by atoms with Gasteiger partial charge in [0, 0.05) is 5.02 Å². The number of carboxylic acids is 1. The molecule has 3 rings (SSSR count). The summed E-state index contributed by atoms with van der Waals surface area (Å²) in [5.41, 5.74) is 1.69. The van der Waals surface area contributed by atoms with Gasteiger partial charge in [-0.25, -0.2) is 0 Å². The smallest absolute Gasteiger partial charge is 0.307 e. The molecule has 0 aliphatic heterocycles. The molecule has 22 heavy (non-hydrogen) atoms. The molecular weight excluding hydrogens is 322 g/mol. The summed E-state index contributed by atoms with van der Waals surface area (Å²) in [6.07, 6.45) is 1.20. The molecule has 1 aromatic heterocycles. The Balaban J connectivity index is 1.77. The van der Waals surface area contributed by atoms with Crippen molar-refractivity contribution in [3.8, 4) is 10.4 Å². The van der Waals surface area contributed by atoms with Gasteiger partial charge in [-0.3, -0.25) is 9.59 Å². The number of carbonyl (C=O) groups is 2. The fourth-order valence-electron chi connectivity index (χ4n) is 2.57. The van der Waals surface area contributed by atoms with Crippen LogP contribution in [0, 0.1) is 11.8 Å². The fourth-order valence-corrected chi connectivity index (χ4v) is 3.55. The van der Waals surface area contributed by atoms with Gasteiger partial charge in [0.15, 0.2) is 0 Å². The lowest BCUT2D eigenvalue weighted by atomic mass is 9.73. The number of hydrogen-bond donors (Lipinski definition) is 2. The number of carbonyl (C=O) groups excluding carboxylic acids is 1. The lowest BCUT2D eigenvalue weighted by Crippen LogP contribution is -2.41. The molecule has 2 atom stereocenters. The Morgan fingerprint density at radius 2 is 1.82 bits per heavy atom. The second-order valence-electron chi connectivity index (χ2n) is 5.29. The molecule has 1 aromatic carbocycles. The second-order valence-corrected chi connectivity index (χ2v) is 6.64. The van der Waals surface area contributed by atoms with E-state index in [0.29, 0.717) is 23.6 Å². The van der Waals surface area contributed by atoms with Crippen LogP contribution in [0.15, 0.2) is 35.7 Å². The van der Waals surface area contributed by atoms with Crippen molar-refractivity contribution in [2.45, 2.75) is 12.8 Å². The van der Waals surface area contributed by atoms with Crippen LogP contribution in [-0.4, -0.2) is 17.0 Å². The molecule has 1 amide bonds. The summed E-state index contributed by atoms with van der Waals surface area (Å²) in [5, 5.41) is 14.5. The van der Waals surface area contributed by atoms with E-state index in [0.717, 1.165) is 10.4 Å². The first-order valence-corrected chi connectivity index (χ1v) is 8.19. The highest BCUT2D eigenvalue weighted by molar-refractivity contribution is 7.14. The molecule has 0 unspecified atom stereocenters. The van der Waals surface area contributed by atoms with E-state index in [-0.39, 0.29) is 5.91 Å². The van der Waals surface area contributed by atoms with E-state index in [4.69, 9.17) is 16.7 Å². The van der Waals surface area contributed by atoms with Crippen molar-refractivity contribution in [2.75, 3.05) is 5.32 Å². The van der Waals surface area contributed by atoms with E-state index in [2.05, 4.69) is 5.32 Å². The van der Waals surface area contributed by atoms with Gasteiger partial charge in [0.1, 0.15) is 0 Å². The molecule has 0 radical (unpaired) electrons. The van der Waals surface area contributed by atoms with Gasteiger partial charge in [0.05, 0.1) is 22.4 Å². The van der Waals surface area contributed by atoms with Gasteiger partial charge >= 0.3 is 5.97 Å². The molecule has 0 saturated heterocycles. The average Bonchev–Trinajstić information content (AvgIpc) is 2.85. The van der Waals surface area contributed by atoms with E-state index < -0.39 is 17.8 Å². The highest BCUT2D eigenvalue weighted by Gasteiger charge is 2.41. The number of aliphatic carboxylic acids is 1. The van der Waals surface area contributed by atoms with Crippen LogP contribution >= 0.6 is 22.9 Å². The standard InChI is InChI=1S/C16H14ClNO3S/c17-10-3-1-9(2-4-10)14-13(7-8-22-14)18-15(19)11-5-6-12(11)16(20)21/h1-4,7-8,11-12H,5-6H2,(H,18,19)(H,20,21)/t11-,12+/m0/s1. The largest absolute Gasteiger partial charge is 0.481 e. The van der Waals surface area contributed by atoms with Crippen molar-refractivity contribution in [1.82, 2.24) is 0 Å². The van der Waals surface area contributed by atoms with Crippen LogP contribution < -0.4 is 5.32 Å². The maximum absolute atomic E-state index is 12.3. The minimum atomic E-state index is -0.894. The van der Waals surface area contributed by atoms with Gasteiger partial charge in [-0.15, -0.1) is 11.3 Å². The van der Waals surface area contributed by atoms with Crippen molar-refractivity contribution >= 4 is 40.5 Å². The van der Waals surface area contributed by atoms with Gasteiger partial charge in [-0.1, -0.05) is 23.7 Å². The van der Waals surface area contributed by atoms with Gasteiger partial charge in [0.25, 0.3) is 0 Å². The Labute approximate surface area is 136 Å². The van der Waals surface area contributed by atoms with Gasteiger partial charge in [-0.2, -0.15) is 0 Å². The fraction of sp³-hybridized carbons (Fsp3) is 0.250. The lowest BCUT2D eigenvalue weighted by molar-refractivity contribution is -0.151. The maximum atomic E-state index is 12.3. The molecule has 0 spiro atoms. The van der Waals surface area contributed by atoms with Crippen molar-refractivity contribution in [3.63, 3.8) is 0 Å². The lowest BCUT2D eigenvalue weighted by Gasteiger charge is -2.31. The zero-order chi connectivity index (χ0) is 15.7. The number of thiophene rings is 1. The van der Waals surface area contributed by atoms with E-state index >= 15 is 0 Å². The molecule has 4 nitrogen and oxygen atoms in total. The monoisotopic (exact) mass is 335 g/mol. The first kappa shape index (κ1) is 15.1. The normalized spacial score (nSPS) is 20.2. The minimum Gasteiger partial charge on any atom is -0.481 e. The van der Waals surface area contributed by atoms with Gasteiger partial charge in [-0.05, 0) is 42.0 Å². The zero-order valence-electron chi connectivity index (χ0n) is 11.6. The van der Waals surface area contributed by atoms with Crippen LogP contribution in [0.4, 0.5) is 5.69 Å². The second kappa shape index (κ2) is 6.10. The van der Waals surface area contributed by atoms with Crippen LogP contribution in [0.5, 0.6) is 0 Å². The van der Waals surface area contributed by atoms with Crippen molar-refractivity contribution < 1.29 is 14.7 Å². The molecular formula is C16H14ClNO3S. The first-order chi connectivity index (χ1) is 10.6. The van der Waals surface area contributed by atoms with Crippen LogP contribution in [0.1, 0.15) is 12.8 Å². The quantitative estimate of drug-likeness (QED) is 0.883. The van der Waals surface area contributed by atoms with E-state index in [9.17, 15) is 9.59 Å². The summed E-state index contributed by atoms with van der Waals surface area (Å²) in [6, 6.07) is 9.23. The molecule has 114 valence electrons. The highest BCUT2D eigenvalue weighted by atomic mass is 35.5. The van der Waals surface area contributed by atoms with Gasteiger partial charge < -0.3 is 10.4 Å². The zero-order valence-corrected chi connectivity index (χ0v) is 13.2. The Morgan fingerprint density at radius 1 is 1.14 bits per heavy atom. The predicted molar refractivity (Wildman–Crippen MR) is 87.2 cm³/mol. The SMILES string of the molecule is O=C(Nc1ccsc1-c1ccc(Cl)cc1)[C@H]1CC[C@H]1C(=O)O. The summed E-state index contributed by atoms with van der Waals surface area (Å²) in [4.78, 5) is 24.2. The van der Waals surface area contributed by atoms with Crippen molar-refractivity contribution in [1.29, 1.82) is 0 Å². The number of rotatable bonds is 4. The molecule has 2 N–H and O–H groups in total. The third kappa shape index (κ3) is 2.87. The van der Waals surface area contributed by atoms with Crippen LogP contribution in [0.3, 0.4) is 0 Å². The number of hydrogen-bond acceptors (Lipinski definition) is 3. The number of benzene rings is 1. The van der Waals surface area contributed by atoms with Crippen LogP contribution in [-0.2, 0) is 9.59 Å². The van der Waals surface area contributed by atoms with Gasteiger partial charge in [0.2, 0.25) is 5.91 Å². The average molecular weight is 336 g/mol. The Bertz CT molecular complexity index is 710. The summed E-state index contributed by atoms with van der Waals surface area (Å²) in [5.74, 6) is -2.10. The third-order valence-corrected chi connectivity index (χ3v) is 5.17. The molecule has 0 bridgehead atoms. The van der Waals surface area contributed by atoms with E-state index in [1.807, 2.05) is 23.6 Å². The molecule has 1 aliphatic carbocycles. The maximum Gasteiger partial charge on any atom is 0.307 e. The van der Waals surface area contributed by atoms with Crippen LogP contribution in [0.25, 0.3) is 10.4 Å². The minimum absolute atomic E-state index is 0.215. The summed E-state index contributed by atoms with van der Waals surface area (Å²) in [7, 11) is 0. The number of anilines is 1. The Kier molecular flexibility index (Phi) is 4.18. The highest BCUT2D eigenvalue weighted by Crippen LogP contribution is 2.38. The molecule has 2 aromatic rings. The molecule has 1 saturated carbocycles. The number of amides is 1. The van der Waals surface area contributed by atoms with E-state index in [1.165, 1.54) is 11.3 Å². The van der Waals surface area contributed by atoms with Crippen LogP contribution in [0.2, 0.25) is 5.02 Å². The number of halogens is 1. The summed E-state index contributed by atoms with van der Waals surface area (Å²) in [6.45, 7) is 0. The molecule has 1 fully saturated rings. The molecule has 6 heteroatoms. The molecule has 1 aliphatic rings. The van der Waals surface area contributed by atoms with Crippen molar-refractivity contribution in [3.05, 3.63) is 40.7 Å². The number of nitrogens with one attached hydrogen (secondary N) is 1. The topological polar surface area (TPSA) is 66.4 Å². The summed E-state index contributed by atoms with van der Waals surface area (Å²) < 4.78 is 0. The Hall–Kier alpha value is -1.85. The molecule has 1 heterocycles.